The lowest BCUT2D eigenvalue weighted by Gasteiger charge is -2.29. The van der Waals surface area contributed by atoms with Crippen molar-refractivity contribution in [3.8, 4) is 0 Å². The van der Waals surface area contributed by atoms with Gasteiger partial charge in [0.15, 0.2) is 5.82 Å². The number of carbonyl (C=O) groups is 1. The van der Waals surface area contributed by atoms with Crippen LogP contribution in [0.5, 0.6) is 0 Å². The topological polar surface area (TPSA) is 68.6 Å². The minimum atomic E-state index is -0.102. The maximum atomic E-state index is 12.4. The summed E-state index contributed by atoms with van der Waals surface area (Å²) in [6, 6.07) is 16.4. The van der Waals surface area contributed by atoms with E-state index in [9.17, 15) is 4.79 Å². The summed E-state index contributed by atoms with van der Waals surface area (Å²) in [5, 5.41) is 8.74. The molecule has 7 nitrogen and oxygen atoms in total. The SMILES string of the molecule is COCCC(=O)Nc1nn(Cc2ccccc2)c2cccc(N3CCOCC3)c12. The number of amides is 1. The lowest BCUT2D eigenvalue weighted by atomic mass is 10.1. The molecular formula is C22H26N4O3. The molecule has 0 bridgehead atoms. The number of fused-ring (bicyclic) bond motifs is 1. The Labute approximate surface area is 170 Å². The zero-order chi connectivity index (χ0) is 20.1. The van der Waals surface area contributed by atoms with Crippen LogP contribution < -0.4 is 10.2 Å². The van der Waals surface area contributed by atoms with Crippen molar-refractivity contribution >= 4 is 28.3 Å². The van der Waals surface area contributed by atoms with Crippen molar-refractivity contribution in [1.29, 1.82) is 0 Å². The molecule has 3 aromatic rings. The number of morpholine rings is 1. The smallest absolute Gasteiger partial charge is 0.227 e. The van der Waals surface area contributed by atoms with Gasteiger partial charge in [0.05, 0.1) is 49.4 Å². The van der Waals surface area contributed by atoms with Crippen LogP contribution in [0.2, 0.25) is 0 Å². The summed E-state index contributed by atoms with van der Waals surface area (Å²) in [7, 11) is 1.59. The van der Waals surface area contributed by atoms with E-state index in [1.807, 2.05) is 28.9 Å². The lowest BCUT2D eigenvalue weighted by Crippen LogP contribution is -2.36. The van der Waals surface area contributed by atoms with Crippen molar-refractivity contribution in [1.82, 2.24) is 9.78 Å². The number of anilines is 2. The molecule has 4 rings (SSSR count). The highest BCUT2D eigenvalue weighted by Crippen LogP contribution is 2.34. The molecule has 2 aromatic carbocycles. The van der Waals surface area contributed by atoms with E-state index in [2.05, 4.69) is 34.5 Å². The van der Waals surface area contributed by atoms with Crippen molar-refractivity contribution in [2.75, 3.05) is 50.2 Å². The monoisotopic (exact) mass is 394 g/mol. The third-order valence-corrected chi connectivity index (χ3v) is 5.07. The van der Waals surface area contributed by atoms with E-state index in [4.69, 9.17) is 14.6 Å². The number of carbonyl (C=O) groups excluding carboxylic acids is 1. The third-order valence-electron chi connectivity index (χ3n) is 5.07. The lowest BCUT2D eigenvalue weighted by molar-refractivity contribution is -0.117. The predicted molar refractivity (Wildman–Crippen MR) is 113 cm³/mol. The number of hydrogen-bond acceptors (Lipinski definition) is 5. The van der Waals surface area contributed by atoms with E-state index in [0.29, 0.717) is 38.6 Å². The maximum absolute atomic E-state index is 12.4. The number of methoxy groups -OCH3 is 1. The first kappa shape index (κ1) is 19.4. The van der Waals surface area contributed by atoms with Gasteiger partial charge in [-0.1, -0.05) is 36.4 Å². The number of aromatic nitrogens is 2. The molecule has 0 unspecified atom stereocenters. The van der Waals surface area contributed by atoms with Crippen molar-refractivity contribution < 1.29 is 14.3 Å². The number of benzene rings is 2. The second-order valence-corrected chi connectivity index (χ2v) is 7.05. The van der Waals surface area contributed by atoms with Crippen LogP contribution in [0.1, 0.15) is 12.0 Å². The first-order valence-electron chi connectivity index (χ1n) is 9.91. The van der Waals surface area contributed by atoms with Gasteiger partial charge in [0.25, 0.3) is 0 Å². The summed E-state index contributed by atoms with van der Waals surface area (Å²) in [5.41, 5.74) is 3.23. The van der Waals surface area contributed by atoms with E-state index < -0.39 is 0 Å². The van der Waals surface area contributed by atoms with Gasteiger partial charge in [-0.25, -0.2) is 0 Å². The van der Waals surface area contributed by atoms with E-state index >= 15 is 0 Å². The second-order valence-electron chi connectivity index (χ2n) is 7.05. The minimum Gasteiger partial charge on any atom is -0.384 e. The van der Waals surface area contributed by atoms with Crippen molar-refractivity contribution in [2.45, 2.75) is 13.0 Å². The fraction of sp³-hybridized carbons (Fsp3) is 0.364. The predicted octanol–water partition coefficient (Wildman–Crippen LogP) is 2.90. The average molecular weight is 394 g/mol. The number of nitrogens with zero attached hydrogens (tertiary/aromatic N) is 3. The largest absolute Gasteiger partial charge is 0.384 e. The fourth-order valence-electron chi connectivity index (χ4n) is 3.63. The quantitative estimate of drug-likeness (QED) is 0.667. The van der Waals surface area contributed by atoms with Crippen LogP contribution in [0.25, 0.3) is 10.9 Å². The number of rotatable bonds is 7. The first-order chi connectivity index (χ1) is 14.3. The van der Waals surface area contributed by atoms with Gasteiger partial charge in [-0.2, -0.15) is 5.10 Å². The van der Waals surface area contributed by atoms with E-state index in [-0.39, 0.29) is 5.91 Å². The van der Waals surface area contributed by atoms with Crippen LogP contribution >= 0.6 is 0 Å². The highest BCUT2D eigenvalue weighted by molar-refractivity contribution is 6.06. The third kappa shape index (κ3) is 4.41. The molecular weight excluding hydrogens is 368 g/mol. The van der Waals surface area contributed by atoms with Crippen LogP contribution in [-0.2, 0) is 20.8 Å². The standard InChI is InChI=1S/C22H26N4O3/c1-28-13-10-20(27)23-22-21-18(25-11-14-29-15-12-25)8-5-9-19(21)26(24-22)16-17-6-3-2-4-7-17/h2-9H,10-16H2,1H3,(H,23,24,27). The molecule has 1 aromatic heterocycles. The van der Waals surface area contributed by atoms with Gasteiger partial charge in [-0.15, -0.1) is 0 Å². The average Bonchev–Trinajstić information content (AvgIpc) is 3.11. The molecule has 1 fully saturated rings. The summed E-state index contributed by atoms with van der Waals surface area (Å²) < 4.78 is 12.5. The Morgan fingerprint density at radius 2 is 1.93 bits per heavy atom. The van der Waals surface area contributed by atoms with Crippen LogP contribution in [0.3, 0.4) is 0 Å². The summed E-state index contributed by atoms with van der Waals surface area (Å²) >= 11 is 0. The van der Waals surface area contributed by atoms with Gasteiger partial charge in [0.2, 0.25) is 5.91 Å². The summed E-state index contributed by atoms with van der Waals surface area (Å²) in [4.78, 5) is 14.7. The summed E-state index contributed by atoms with van der Waals surface area (Å²) in [6.45, 7) is 4.05. The Hall–Kier alpha value is -2.90. The highest BCUT2D eigenvalue weighted by atomic mass is 16.5. The minimum absolute atomic E-state index is 0.102. The van der Waals surface area contributed by atoms with Crippen molar-refractivity contribution in [3.63, 3.8) is 0 Å². The molecule has 7 heteroatoms. The molecule has 1 amide bonds. The summed E-state index contributed by atoms with van der Waals surface area (Å²) in [5.74, 6) is 0.494. The van der Waals surface area contributed by atoms with Crippen LogP contribution in [0, 0.1) is 0 Å². The van der Waals surface area contributed by atoms with Crippen molar-refractivity contribution in [2.24, 2.45) is 0 Å². The highest BCUT2D eigenvalue weighted by Gasteiger charge is 2.21. The van der Waals surface area contributed by atoms with Gasteiger partial charge >= 0.3 is 0 Å². The molecule has 152 valence electrons. The maximum Gasteiger partial charge on any atom is 0.227 e. The molecule has 0 radical (unpaired) electrons. The van der Waals surface area contributed by atoms with E-state index in [1.54, 1.807) is 7.11 Å². The van der Waals surface area contributed by atoms with Crippen LogP contribution in [0.15, 0.2) is 48.5 Å². The van der Waals surface area contributed by atoms with E-state index in [0.717, 1.165) is 35.2 Å². The van der Waals surface area contributed by atoms with Gasteiger partial charge < -0.3 is 19.7 Å². The molecule has 0 atom stereocenters. The zero-order valence-corrected chi connectivity index (χ0v) is 16.6. The molecule has 1 aliphatic rings. The second kappa shape index (κ2) is 9.07. The Morgan fingerprint density at radius 3 is 2.69 bits per heavy atom. The first-order valence-corrected chi connectivity index (χ1v) is 9.91. The Balaban J connectivity index is 1.74. The molecule has 1 saturated heterocycles. The fourth-order valence-corrected chi connectivity index (χ4v) is 3.63. The Kier molecular flexibility index (Phi) is 6.07. The molecule has 2 heterocycles. The molecule has 0 aliphatic carbocycles. The van der Waals surface area contributed by atoms with Gasteiger partial charge in [0, 0.05) is 20.2 Å². The van der Waals surface area contributed by atoms with Gasteiger partial charge in [0.1, 0.15) is 0 Å². The number of nitrogens with one attached hydrogen (secondary N) is 1. The van der Waals surface area contributed by atoms with E-state index in [1.165, 1.54) is 0 Å². The Bertz CT molecular complexity index is 965. The Morgan fingerprint density at radius 1 is 1.14 bits per heavy atom. The molecule has 1 N–H and O–H groups in total. The van der Waals surface area contributed by atoms with Crippen LogP contribution in [-0.4, -0.2) is 55.7 Å². The number of ether oxygens (including phenoxy) is 2. The van der Waals surface area contributed by atoms with Crippen LogP contribution in [0.4, 0.5) is 11.5 Å². The molecule has 0 saturated carbocycles. The molecule has 29 heavy (non-hydrogen) atoms. The zero-order valence-electron chi connectivity index (χ0n) is 16.6. The van der Waals surface area contributed by atoms with Gasteiger partial charge in [-0.3, -0.25) is 9.48 Å². The summed E-state index contributed by atoms with van der Waals surface area (Å²) in [6.07, 6.45) is 0.295. The molecule has 0 spiro atoms. The number of hydrogen-bond donors (Lipinski definition) is 1. The van der Waals surface area contributed by atoms with Crippen molar-refractivity contribution in [3.05, 3.63) is 54.1 Å². The van der Waals surface area contributed by atoms with Gasteiger partial charge in [-0.05, 0) is 17.7 Å². The molecule has 1 aliphatic heterocycles. The normalized spacial score (nSPS) is 14.3.